The monoisotopic (exact) mass is 224 g/mol. The third-order valence-electron chi connectivity index (χ3n) is 4.26. The summed E-state index contributed by atoms with van der Waals surface area (Å²) in [5.74, 6) is 1.47. The molecule has 3 unspecified atom stereocenters. The van der Waals surface area contributed by atoms with Gasteiger partial charge in [-0.2, -0.15) is 0 Å². The second kappa shape index (κ2) is 5.17. The highest BCUT2D eigenvalue weighted by Gasteiger charge is 2.37. The van der Waals surface area contributed by atoms with E-state index in [4.69, 9.17) is 5.73 Å². The van der Waals surface area contributed by atoms with Crippen LogP contribution in [-0.2, 0) is 4.79 Å². The van der Waals surface area contributed by atoms with Gasteiger partial charge in [0.05, 0.1) is 0 Å². The van der Waals surface area contributed by atoms with Crippen LogP contribution < -0.4 is 5.73 Å². The van der Waals surface area contributed by atoms with Gasteiger partial charge in [0.2, 0.25) is 5.91 Å². The Kier molecular flexibility index (Phi) is 3.85. The zero-order chi connectivity index (χ0) is 11.5. The maximum atomic E-state index is 12.1. The smallest absolute Gasteiger partial charge is 0.223 e. The van der Waals surface area contributed by atoms with E-state index in [-0.39, 0.29) is 0 Å². The van der Waals surface area contributed by atoms with E-state index in [1.165, 1.54) is 32.1 Å². The van der Waals surface area contributed by atoms with Crippen molar-refractivity contribution < 1.29 is 4.79 Å². The molecule has 16 heavy (non-hydrogen) atoms. The van der Waals surface area contributed by atoms with Crippen LogP contribution in [0.5, 0.6) is 0 Å². The molecule has 3 heteroatoms. The van der Waals surface area contributed by atoms with Gasteiger partial charge in [-0.3, -0.25) is 4.79 Å². The van der Waals surface area contributed by atoms with Crippen molar-refractivity contribution in [3.05, 3.63) is 0 Å². The SMILES string of the molecule is CC(CN)CC(=O)N1CCC2CCCCC21. The molecule has 1 heterocycles. The number of hydrogen-bond acceptors (Lipinski definition) is 2. The molecule has 0 aromatic carbocycles. The van der Waals surface area contributed by atoms with Crippen molar-refractivity contribution in [2.45, 2.75) is 51.5 Å². The minimum Gasteiger partial charge on any atom is -0.339 e. The normalized spacial score (nSPS) is 31.2. The highest BCUT2D eigenvalue weighted by Crippen LogP contribution is 2.36. The summed E-state index contributed by atoms with van der Waals surface area (Å²) in [5, 5.41) is 0. The highest BCUT2D eigenvalue weighted by molar-refractivity contribution is 5.77. The molecular weight excluding hydrogens is 200 g/mol. The van der Waals surface area contributed by atoms with Crippen LogP contribution in [0.15, 0.2) is 0 Å². The van der Waals surface area contributed by atoms with Crippen LogP contribution in [0.2, 0.25) is 0 Å². The van der Waals surface area contributed by atoms with E-state index < -0.39 is 0 Å². The van der Waals surface area contributed by atoms with Crippen molar-refractivity contribution in [1.29, 1.82) is 0 Å². The van der Waals surface area contributed by atoms with Crippen molar-refractivity contribution >= 4 is 5.91 Å². The molecule has 1 saturated carbocycles. The molecule has 3 atom stereocenters. The van der Waals surface area contributed by atoms with Gasteiger partial charge in [0, 0.05) is 19.0 Å². The van der Waals surface area contributed by atoms with E-state index in [9.17, 15) is 4.79 Å². The average molecular weight is 224 g/mol. The summed E-state index contributed by atoms with van der Waals surface area (Å²) in [6.07, 6.45) is 7.10. The van der Waals surface area contributed by atoms with Crippen LogP contribution in [0.1, 0.15) is 45.4 Å². The Morgan fingerprint density at radius 3 is 2.88 bits per heavy atom. The first-order valence-corrected chi connectivity index (χ1v) is 6.72. The van der Waals surface area contributed by atoms with E-state index in [1.54, 1.807) is 0 Å². The quantitative estimate of drug-likeness (QED) is 0.794. The third kappa shape index (κ3) is 2.40. The number of carbonyl (C=O) groups is 1. The summed E-state index contributed by atoms with van der Waals surface area (Å²) in [6.45, 7) is 3.67. The predicted molar refractivity (Wildman–Crippen MR) is 64.9 cm³/mol. The van der Waals surface area contributed by atoms with Crippen LogP contribution in [0, 0.1) is 11.8 Å². The standard InChI is InChI=1S/C13H24N2O/c1-10(9-14)8-13(16)15-7-6-11-4-2-3-5-12(11)15/h10-12H,2-9,14H2,1H3. The minimum absolute atomic E-state index is 0.329. The summed E-state index contributed by atoms with van der Waals surface area (Å²) in [4.78, 5) is 14.3. The van der Waals surface area contributed by atoms with Gasteiger partial charge in [-0.1, -0.05) is 19.8 Å². The summed E-state index contributed by atoms with van der Waals surface area (Å²) < 4.78 is 0. The molecule has 3 nitrogen and oxygen atoms in total. The number of amides is 1. The minimum atomic E-state index is 0.329. The zero-order valence-corrected chi connectivity index (χ0v) is 10.3. The molecule has 2 N–H and O–H groups in total. The molecule has 1 amide bonds. The van der Waals surface area contributed by atoms with Gasteiger partial charge in [-0.05, 0) is 37.6 Å². The first-order valence-electron chi connectivity index (χ1n) is 6.72. The Hall–Kier alpha value is -0.570. The van der Waals surface area contributed by atoms with Crippen LogP contribution in [-0.4, -0.2) is 29.9 Å². The average Bonchev–Trinajstić information content (AvgIpc) is 2.72. The molecule has 2 rings (SSSR count). The number of hydrogen-bond donors (Lipinski definition) is 1. The Morgan fingerprint density at radius 1 is 1.38 bits per heavy atom. The molecule has 1 aliphatic heterocycles. The van der Waals surface area contributed by atoms with Crippen LogP contribution in [0.3, 0.4) is 0 Å². The van der Waals surface area contributed by atoms with Gasteiger partial charge in [0.25, 0.3) is 0 Å². The maximum absolute atomic E-state index is 12.1. The molecular formula is C13H24N2O. The van der Waals surface area contributed by atoms with Crippen LogP contribution in [0.4, 0.5) is 0 Å². The summed E-state index contributed by atoms with van der Waals surface area (Å²) in [7, 11) is 0. The fourth-order valence-electron chi connectivity index (χ4n) is 3.21. The van der Waals surface area contributed by atoms with Gasteiger partial charge in [0.15, 0.2) is 0 Å². The van der Waals surface area contributed by atoms with E-state index >= 15 is 0 Å². The van der Waals surface area contributed by atoms with Crippen LogP contribution >= 0.6 is 0 Å². The Balaban J connectivity index is 1.91. The van der Waals surface area contributed by atoms with Crippen LogP contribution in [0.25, 0.3) is 0 Å². The summed E-state index contributed by atoms with van der Waals surface area (Å²) in [6, 6.07) is 0.561. The first kappa shape index (κ1) is 11.9. The van der Waals surface area contributed by atoms with Crippen molar-refractivity contribution in [2.24, 2.45) is 17.6 Å². The van der Waals surface area contributed by atoms with Crippen molar-refractivity contribution in [3.8, 4) is 0 Å². The Morgan fingerprint density at radius 2 is 2.12 bits per heavy atom. The van der Waals surface area contributed by atoms with Gasteiger partial charge >= 0.3 is 0 Å². The van der Waals surface area contributed by atoms with E-state index in [0.717, 1.165) is 12.5 Å². The van der Waals surface area contributed by atoms with Gasteiger partial charge < -0.3 is 10.6 Å². The maximum Gasteiger partial charge on any atom is 0.223 e. The second-order valence-electron chi connectivity index (χ2n) is 5.53. The lowest BCUT2D eigenvalue weighted by molar-refractivity contribution is -0.133. The molecule has 0 aromatic rings. The van der Waals surface area contributed by atoms with Crippen molar-refractivity contribution in [2.75, 3.05) is 13.1 Å². The molecule has 92 valence electrons. The third-order valence-corrected chi connectivity index (χ3v) is 4.26. The lowest BCUT2D eigenvalue weighted by Gasteiger charge is -2.32. The topological polar surface area (TPSA) is 46.3 Å². The number of nitrogens with two attached hydrogens (primary N) is 1. The molecule has 0 bridgehead atoms. The molecule has 1 aliphatic carbocycles. The lowest BCUT2D eigenvalue weighted by atomic mass is 9.85. The number of rotatable bonds is 3. The largest absolute Gasteiger partial charge is 0.339 e. The molecule has 2 fully saturated rings. The Bertz CT molecular complexity index is 254. The van der Waals surface area contributed by atoms with Gasteiger partial charge in [-0.15, -0.1) is 0 Å². The molecule has 2 aliphatic rings. The highest BCUT2D eigenvalue weighted by atomic mass is 16.2. The summed E-state index contributed by atoms with van der Waals surface area (Å²) >= 11 is 0. The number of carbonyl (C=O) groups excluding carboxylic acids is 1. The van der Waals surface area contributed by atoms with E-state index in [2.05, 4.69) is 11.8 Å². The molecule has 1 saturated heterocycles. The molecule has 0 radical (unpaired) electrons. The molecule has 0 spiro atoms. The van der Waals surface area contributed by atoms with E-state index in [1.807, 2.05) is 0 Å². The first-order chi connectivity index (χ1) is 7.72. The van der Waals surface area contributed by atoms with Gasteiger partial charge in [-0.25, -0.2) is 0 Å². The van der Waals surface area contributed by atoms with Gasteiger partial charge in [0.1, 0.15) is 0 Å². The fourth-order valence-corrected chi connectivity index (χ4v) is 3.21. The fraction of sp³-hybridized carbons (Fsp3) is 0.923. The number of likely N-dealkylation sites (tertiary alicyclic amines) is 1. The molecule has 0 aromatic heterocycles. The summed E-state index contributed by atoms with van der Waals surface area (Å²) in [5.41, 5.74) is 5.58. The zero-order valence-electron chi connectivity index (χ0n) is 10.3. The number of nitrogens with zero attached hydrogens (tertiary/aromatic N) is 1. The second-order valence-corrected chi connectivity index (χ2v) is 5.53. The lowest BCUT2D eigenvalue weighted by Crippen LogP contribution is -2.40. The predicted octanol–water partition coefficient (Wildman–Crippen LogP) is 1.76. The number of fused-ring (bicyclic) bond motifs is 1. The van der Waals surface area contributed by atoms with Crippen molar-refractivity contribution in [1.82, 2.24) is 4.90 Å². The van der Waals surface area contributed by atoms with Crippen molar-refractivity contribution in [3.63, 3.8) is 0 Å². The van der Waals surface area contributed by atoms with E-state index in [0.29, 0.717) is 30.8 Å². The Labute approximate surface area is 98.4 Å².